The topological polar surface area (TPSA) is 76.0 Å². The normalized spacial score (nSPS) is 17.8. The quantitative estimate of drug-likeness (QED) is 0.0799. The minimum atomic E-state index is -0.562. The maximum absolute atomic E-state index is 11.9. The summed E-state index contributed by atoms with van der Waals surface area (Å²) in [4.78, 5) is 11.9. The molecule has 226 valence electrons. The summed E-state index contributed by atoms with van der Waals surface area (Å²) in [6, 6.07) is 13.9. The summed E-state index contributed by atoms with van der Waals surface area (Å²) >= 11 is 0. The molecule has 1 fully saturated rings. The minimum Gasteiger partial charge on any atom is -0.462 e. The number of carbonyl (C=O) groups excluding carboxylic acids is 1. The van der Waals surface area contributed by atoms with E-state index in [-0.39, 0.29) is 24.7 Å². The van der Waals surface area contributed by atoms with Gasteiger partial charge in [-0.15, -0.1) is 0 Å². The highest BCUT2D eigenvalue weighted by molar-refractivity contribution is 5.87. The molecule has 3 rings (SSSR count). The van der Waals surface area contributed by atoms with Crippen molar-refractivity contribution in [3.05, 3.63) is 71.8 Å². The fraction of sp³-hybridized carbons (Fsp3) is 0.583. The van der Waals surface area contributed by atoms with E-state index in [0.29, 0.717) is 18.4 Å². The van der Waals surface area contributed by atoms with Crippen molar-refractivity contribution in [2.75, 3.05) is 26.4 Å². The molecule has 0 radical (unpaired) electrons. The number of hydrogen-bond acceptors (Lipinski definition) is 5. The number of rotatable bonds is 19. The van der Waals surface area contributed by atoms with Gasteiger partial charge < -0.3 is 19.7 Å². The van der Waals surface area contributed by atoms with Crippen LogP contribution >= 0.6 is 0 Å². The molecule has 0 spiro atoms. The van der Waals surface area contributed by atoms with Crippen LogP contribution in [-0.4, -0.2) is 48.7 Å². The third kappa shape index (κ3) is 11.7. The van der Waals surface area contributed by atoms with Crippen LogP contribution < -0.4 is 0 Å². The fourth-order valence-corrected chi connectivity index (χ4v) is 5.82. The highest BCUT2D eigenvalue weighted by Crippen LogP contribution is 2.28. The second-order valence-corrected chi connectivity index (χ2v) is 12.0. The molecule has 2 aromatic carbocycles. The SMILES string of the molecule is C=C(CO)CC(CCCCC1CCC(CCc2ccc3cc(CCCCC)ccc3c2)OC1)COC(=O)C(=C)CO. The molecule has 0 aromatic heterocycles. The van der Waals surface area contributed by atoms with Crippen molar-refractivity contribution in [3.8, 4) is 0 Å². The molecule has 41 heavy (non-hydrogen) atoms. The van der Waals surface area contributed by atoms with Crippen molar-refractivity contribution >= 4 is 16.7 Å². The summed E-state index contributed by atoms with van der Waals surface area (Å²) in [5, 5.41) is 21.1. The summed E-state index contributed by atoms with van der Waals surface area (Å²) in [6.07, 6.45) is 14.6. The van der Waals surface area contributed by atoms with E-state index in [2.05, 4.69) is 56.5 Å². The lowest BCUT2D eigenvalue weighted by Gasteiger charge is -2.29. The van der Waals surface area contributed by atoms with E-state index in [0.717, 1.165) is 57.1 Å². The van der Waals surface area contributed by atoms with E-state index in [1.54, 1.807) is 0 Å². The number of benzene rings is 2. The highest BCUT2D eigenvalue weighted by Gasteiger charge is 2.22. The van der Waals surface area contributed by atoms with Crippen LogP contribution in [0.1, 0.15) is 88.7 Å². The third-order valence-corrected chi connectivity index (χ3v) is 8.46. The zero-order valence-corrected chi connectivity index (χ0v) is 25.3. The standard InChI is InChI=1S/C36H52O5/c1-4-5-6-9-29-12-16-34-22-30(13-17-33(34)21-29)14-18-35-19-15-31(25-40-35)10-7-8-11-32(20-27(2)23-37)26-41-36(39)28(3)24-38/h12-13,16-17,21-22,31-32,35,37-38H,2-11,14-15,18-20,23-26H2,1H3. The largest absolute Gasteiger partial charge is 0.462 e. The van der Waals surface area contributed by atoms with E-state index >= 15 is 0 Å². The zero-order valence-electron chi connectivity index (χ0n) is 25.3. The lowest BCUT2D eigenvalue weighted by molar-refractivity contribution is -0.140. The average Bonchev–Trinajstić information content (AvgIpc) is 3.00. The summed E-state index contributed by atoms with van der Waals surface area (Å²) < 4.78 is 11.6. The van der Waals surface area contributed by atoms with Crippen LogP contribution in [0.15, 0.2) is 60.7 Å². The van der Waals surface area contributed by atoms with E-state index < -0.39 is 12.6 Å². The Morgan fingerprint density at radius 3 is 2.32 bits per heavy atom. The second kappa shape index (κ2) is 18.1. The number of ether oxygens (including phenoxy) is 2. The Balaban J connectivity index is 1.34. The first-order chi connectivity index (χ1) is 19.9. The minimum absolute atomic E-state index is 0.0594. The van der Waals surface area contributed by atoms with Crippen molar-refractivity contribution in [3.63, 3.8) is 0 Å². The van der Waals surface area contributed by atoms with Gasteiger partial charge >= 0.3 is 5.97 Å². The molecule has 0 aliphatic carbocycles. The molecule has 1 saturated heterocycles. The van der Waals surface area contributed by atoms with Crippen LogP contribution in [-0.2, 0) is 27.1 Å². The average molecular weight is 565 g/mol. The Kier molecular flexibility index (Phi) is 14.6. The number of carbonyl (C=O) groups is 1. The number of fused-ring (bicyclic) bond motifs is 1. The second-order valence-electron chi connectivity index (χ2n) is 12.0. The van der Waals surface area contributed by atoms with Gasteiger partial charge in [-0.2, -0.15) is 0 Å². The number of aliphatic hydroxyl groups excluding tert-OH is 2. The molecule has 0 saturated carbocycles. The van der Waals surface area contributed by atoms with Gasteiger partial charge in [0, 0.05) is 6.61 Å². The van der Waals surface area contributed by atoms with E-state index in [9.17, 15) is 9.90 Å². The van der Waals surface area contributed by atoms with Crippen molar-refractivity contribution in [1.29, 1.82) is 0 Å². The van der Waals surface area contributed by atoms with Crippen molar-refractivity contribution in [2.45, 2.75) is 96.5 Å². The van der Waals surface area contributed by atoms with Crippen LogP contribution in [0.25, 0.3) is 10.8 Å². The summed E-state index contributed by atoms with van der Waals surface area (Å²) in [6.45, 7) is 10.3. The maximum Gasteiger partial charge on any atom is 0.335 e. The van der Waals surface area contributed by atoms with Gasteiger partial charge in [0.1, 0.15) is 0 Å². The zero-order chi connectivity index (χ0) is 29.5. The molecule has 0 bridgehead atoms. The Bertz CT molecular complexity index is 1100. The molecule has 5 nitrogen and oxygen atoms in total. The smallest absolute Gasteiger partial charge is 0.335 e. The number of aryl methyl sites for hydroxylation is 2. The van der Waals surface area contributed by atoms with Gasteiger partial charge in [-0.3, -0.25) is 0 Å². The Morgan fingerprint density at radius 2 is 1.68 bits per heavy atom. The van der Waals surface area contributed by atoms with Crippen molar-refractivity contribution in [1.82, 2.24) is 0 Å². The third-order valence-electron chi connectivity index (χ3n) is 8.46. The highest BCUT2D eigenvalue weighted by atomic mass is 16.5. The molecule has 3 atom stereocenters. The monoisotopic (exact) mass is 564 g/mol. The van der Waals surface area contributed by atoms with Gasteiger partial charge in [0.15, 0.2) is 0 Å². The van der Waals surface area contributed by atoms with E-state index in [4.69, 9.17) is 14.6 Å². The predicted octanol–water partition coefficient (Wildman–Crippen LogP) is 7.51. The molecular formula is C36H52O5. The first-order valence-electron chi connectivity index (χ1n) is 15.8. The van der Waals surface area contributed by atoms with E-state index in [1.165, 1.54) is 54.0 Å². The van der Waals surface area contributed by atoms with Crippen LogP contribution in [0.3, 0.4) is 0 Å². The lowest BCUT2D eigenvalue weighted by atomic mass is 9.89. The van der Waals surface area contributed by atoms with Crippen LogP contribution in [0.4, 0.5) is 0 Å². The van der Waals surface area contributed by atoms with Gasteiger partial charge in [0.25, 0.3) is 0 Å². The molecule has 3 unspecified atom stereocenters. The Hall–Kier alpha value is -2.47. The number of esters is 1. The molecule has 0 amide bonds. The fourth-order valence-electron chi connectivity index (χ4n) is 5.82. The van der Waals surface area contributed by atoms with Gasteiger partial charge in [-0.25, -0.2) is 4.79 Å². The molecular weight excluding hydrogens is 512 g/mol. The Morgan fingerprint density at radius 1 is 0.951 bits per heavy atom. The molecule has 5 heteroatoms. The van der Waals surface area contributed by atoms with Gasteiger partial charge in [0.05, 0.1) is 31.5 Å². The predicted molar refractivity (Wildman–Crippen MR) is 168 cm³/mol. The molecule has 2 aromatic rings. The van der Waals surface area contributed by atoms with Gasteiger partial charge in [-0.1, -0.05) is 87.7 Å². The van der Waals surface area contributed by atoms with Crippen molar-refractivity contribution < 1.29 is 24.5 Å². The number of unbranched alkanes of at least 4 members (excludes halogenated alkanes) is 3. The lowest BCUT2D eigenvalue weighted by Crippen LogP contribution is -2.26. The first kappa shape index (κ1) is 33.0. The summed E-state index contributed by atoms with van der Waals surface area (Å²) in [5.41, 5.74) is 3.65. The summed E-state index contributed by atoms with van der Waals surface area (Å²) in [7, 11) is 0. The molecule has 1 aliphatic heterocycles. The number of hydrogen-bond donors (Lipinski definition) is 2. The molecule has 1 heterocycles. The maximum atomic E-state index is 11.9. The molecule has 2 N–H and O–H groups in total. The Labute approximate surface area is 247 Å². The van der Waals surface area contributed by atoms with Crippen molar-refractivity contribution in [2.24, 2.45) is 11.8 Å². The van der Waals surface area contributed by atoms with Crippen LogP contribution in [0.2, 0.25) is 0 Å². The van der Waals surface area contributed by atoms with Gasteiger partial charge in [0.2, 0.25) is 0 Å². The summed E-state index contributed by atoms with van der Waals surface area (Å²) in [5.74, 6) is 0.156. The van der Waals surface area contributed by atoms with Crippen LogP contribution in [0, 0.1) is 11.8 Å². The number of aliphatic hydroxyl groups is 2. The van der Waals surface area contributed by atoms with E-state index in [1.807, 2.05) is 0 Å². The van der Waals surface area contributed by atoms with Gasteiger partial charge in [-0.05, 0) is 91.5 Å². The first-order valence-corrected chi connectivity index (χ1v) is 15.8. The molecule has 1 aliphatic rings. The van der Waals surface area contributed by atoms with Crippen LogP contribution in [0.5, 0.6) is 0 Å².